The number of nitrogens with zero attached hydrogens (tertiary/aromatic N) is 8. The molecular formula is C38H42Cl2F2N8O4Si. The molecule has 6 rings (SSSR count). The third kappa shape index (κ3) is 9.36. The largest absolute Gasteiger partial charge is 0.412 e. The van der Waals surface area contributed by atoms with E-state index in [9.17, 15) is 23.5 Å². The normalized spacial score (nSPS) is 11.8. The number of hydrogen-bond acceptors (Lipinski definition) is 8. The lowest BCUT2D eigenvalue weighted by atomic mass is 10.1. The number of halogens is 4. The second kappa shape index (κ2) is 16.9. The standard InChI is InChI=1S/C22H28ClFN4O2Si.C16H14ClFN4O2/c1-7-27-13-16(12-25-27)21(29)19-11-20(23)26-28(19)18-9-8-17(24)10-15(18)14-30-31(5,6)22(2,3)4;1-2-21-8-11(7-19-21)16(24)14-6-15(17)20-22(14)13-4-3-12(18)5-10(13)9-23/h8-13H,7,14H2,1-6H3;3-8,23H,2,9H2,1H3. The van der Waals surface area contributed by atoms with E-state index in [0.29, 0.717) is 46.7 Å². The molecule has 12 nitrogen and oxygen atoms in total. The third-order valence-electron chi connectivity index (χ3n) is 9.37. The van der Waals surface area contributed by atoms with Gasteiger partial charge >= 0.3 is 0 Å². The number of carbonyl (C=O) groups excluding carboxylic acids is 2. The highest BCUT2D eigenvalue weighted by atomic mass is 35.5. The summed E-state index contributed by atoms with van der Waals surface area (Å²) in [7, 11) is -2.07. The Labute approximate surface area is 328 Å². The van der Waals surface area contributed by atoms with E-state index < -0.39 is 20.7 Å². The van der Waals surface area contributed by atoms with Crippen LogP contribution in [-0.4, -0.2) is 64.1 Å². The Morgan fingerprint density at radius 2 is 1.20 bits per heavy atom. The topological polar surface area (TPSA) is 135 Å². The van der Waals surface area contributed by atoms with Crippen molar-refractivity contribution in [3.05, 3.63) is 129 Å². The van der Waals surface area contributed by atoms with E-state index in [1.54, 1.807) is 27.8 Å². The van der Waals surface area contributed by atoms with Crippen LogP contribution in [0.25, 0.3) is 11.4 Å². The van der Waals surface area contributed by atoms with Gasteiger partial charge in [0, 0.05) is 48.7 Å². The van der Waals surface area contributed by atoms with Gasteiger partial charge in [-0.15, -0.1) is 0 Å². The molecule has 0 amide bonds. The van der Waals surface area contributed by atoms with Crippen LogP contribution in [0.3, 0.4) is 0 Å². The van der Waals surface area contributed by atoms with Crippen LogP contribution in [0.5, 0.6) is 0 Å². The van der Waals surface area contributed by atoms with Gasteiger partial charge in [-0.2, -0.15) is 20.4 Å². The van der Waals surface area contributed by atoms with Crippen LogP contribution in [0, 0.1) is 11.6 Å². The van der Waals surface area contributed by atoms with Crippen molar-refractivity contribution in [2.45, 2.75) is 79.1 Å². The zero-order valence-corrected chi connectivity index (χ0v) is 34.0. The molecule has 0 aliphatic heterocycles. The Kier molecular flexibility index (Phi) is 12.7. The lowest BCUT2D eigenvalue weighted by molar-refractivity contribution is 0.102. The van der Waals surface area contributed by atoms with Crippen LogP contribution in [0.1, 0.15) is 77.8 Å². The van der Waals surface area contributed by atoms with Gasteiger partial charge in [0.2, 0.25) is 11.6 Å². The molecule has 0 saturated carbocycles. The highest BCUT2D eigenvalue weighted by molar-refractivity contribution is 6.74. The average Bonchev–Trinajstić information content (AvgIpc) is 3.96. The first-order valence-corrected chi connectivity index (χ1v) is 21.1. The van der Waals surface area contributed by atoms with E-state index in [1.165, 1.54) is 64.2 Å². The van der Waals surface area contributed by atoms with Crippen molar-refractivity contribution in [2.24, 2.45) is 0 Å². The van der Waals surface area contributed by atoms with Crippen LogP contribution < -0.4 is 0 Å². The van der Waals surface area contributed by atoms with Crippen molar-refractivity contribution in [1.29, 1.82) is 0 Å². The van der Waals surface area contributed by atoms with Crippen molar-refractivity contribution in [3.63, 3.8) is 0 Å². The first-order chi connectivity index (χ1) is 26.0. The van der Waals surface area contributed by atoms with Gasteiger partial charge in [0.15, 0.2) is 18.6 Å². The number of aromatic nitrogens is 8. The quantitative estimate of drug-likeness (QED) is 0.0965. The van der Waals surface area contributed by atoms with E-state index in [1.807, 2.05) is 13.8 Å². The molecule has 0 aliphatic rings. The lowest BCUT2D eigenvalue weighted by Gasteiger charge is -2.36. The van der Waals surface area contributed by atoms with Gasteiger partial charge in [0.05, 0.1) is 48.1 Å². The van der Waals surface area contributed by atoms with Crippen LogP contribution in [-0.2, 0) is 30.7 Å². The molecule has 1 N–H and O–H groups in total. The predicted molar refractivity (Wildman–Crippen MR) is 208 cm³/mol. The summed E-state index contributed by atoms with van der Waals surface area (Å²) < 4.78 is 39.9. The predicted octanol–water partition coefficient (Wildman–Crippen LogP) is 8.24. The molecule has 0 fully saturated rings. The first kappa shape index (κ1) is 41.4. The lowest BCUT2D eigenvalue weighted by Crippen LogP contribution is -2.40. The fraction of sp³-hybridized carbons (Fsp3) is 0.316. The van der Waals surface area contributed by atoms with Crippen LogP contribution in [0.2, 0.25) is 28.4 Å². The van der Waals surface area contributed by atoms with E-state index >= 15 is 0 Å². The number of carbonyl (C=O) groups is 2. The molecule has 6 aromatic rings. The van der Waals surface area contributed by atoms with Crippen LogP contribution in [0.4, 0.5) is 8.78 Å². The third-order valence-corrected chi connectivity index (χ3v) is 14.2. The zero-order valence-electron chi connectivity index (χ0n) is 31.5. The smallest absolute Gasteiger partial charge is 0.214 e. The fourth-order valence-corrected chi connectivity index (χ4v) is 6.54. The van der Waals surface area contributed by atoms with E-state index in [-0.39, 0.29) is 50.7 Å². The van der Waals surface area contributed by atoms with Gasteiger partial charge in [-0.3, -0.25) is 19.0 Å². The molecule has 0 aliphatic carbocycles. The minimum atomic E-state index is -2.07. The van der Waals surface area contributed by atoms with E-state index in [0.717, 1.165) is 0 Å². The van der Waals surface area contributed by atoms with Gasteiger partial charge in [0.1, 0.15) is 23.0 Å². The van der Waals surface area contributed by atoms with Gasteiger partial charge in [-0.05, 0) is 68.4 Å². The van der Waals surface area contributed by atoms with E-state index in [2.05, 4.69) is 54.3 Å². The Hall–Kier alpha value is -4.80. The molecular weight excluding hydrogens is 769 g/mol. The Morgan fingerprint density at radius 3 is 1.60 bits per heavy atom. The van der Waals surface area contributed by atoms with Gasteiger partial charge in [-0.25, -0.2) is 18.1 Å². The molecule has 2 aromatic carbocycles. The molecule has 4 heterocycles. The number of aryl methyl sites for hydroxylation is 2. The summed E-state index contributed by atoms with van der Waals surface area (Å²) in [5, 5.41) is 26.4. The number of ketones is 2. The van der Waals surface area contributed by atoms with Crippen molar-refractivity contribution in [1.82, 2.24) is 39.1 Å². The zero-order chi connectivity index (χ0) is 40.2. The molecule has 0 unspecified atom stereocenters. The second-order valence-electron chi connectivity index (χ2n) is 14.1. The number of benzene rings is 2. The fourth-order valence-electron chi connectivity index (χ4n) is 5.24. The summed E-state index contributed by atoms with van der Waals surface area (Å²) in [4.78, 5) is 25.9. The Bertz CT molecular complexity index is 2330. The van der Waals surface area contributed by atoms with Crippen LogP contribution in [0.15, 0.2) is 73.3 Å². The maximum atomic E-state index is 14.1. The van der Waals surface area contributed by atoms with Gasteiger partial charge in [0.25, 0.3) is 0 Å². The van der Waals surface area contributed by atoms with Crippen molar-refractivity contribution in [2.75, 3.05) is 0 Å². The number of hydrogen-bond donors (Lipinski definition) is 1. The van der Waals surface area contributed by atoms with Crippen LogP contribution >= 0.6 is 23.2 Å². The van der Waals surface area contributed by atoms with E-state index in [4.69, 9.17) is 27.6 Å². The summed E-state index contributed by atoms with van der Waals surface area (Å²) in [5.74, 6) is -1.45. The molecule has 4 aromatic heterocycles. The molecule has 0 saturated heterocycles. The average molecular weight is 812 g/mol. The number of aliphatic hydroxyl groups excluding tert-OH is 1. The van der Waals surface area contributed by atoms with Gasteiger partial charge in [-0.1, -0.05) is 44.0 Å². The Morgan fingerprint density at radius 1 is 0.764 bits per heavy atom. The van der Waals surface area contributed by atoms with Crippen molar-refractivity contribution < 1.29 is 27.9 Å². The molecule has 0 atom stereocenters. The minimum absolute atomic E-state index is 0.00998. The summed E-state index contributed by atoms with van der Waals surface area (Å²) in [6, 6.07) is 11.1. The van der Waals surface area contributed by atoms with Gasteiger partial charge < -0.3 is 9.53 Å². The summed E-state index contributed by atoms with van der Waals surface area (Å²) in [6.45, 7) is 15.7. The summed E-state index contributed by atoms with van der Waals surface area (Å²) in [6.07, 6.45) is 6.29. The molecule has 0 radical (unpaired) electrons. The minimum Gasteiger partial charge on any atom is -0.412 e. The highest BCUT2D eigenvalue weighted by Gasteiger charge is 2.37. The maximum absolute atomic E-state index is 14.1. The number of aliphatic hydroxyl groups is 1. The highest BCUT2D eigenvalue weighted by Crippen LogP contribution is 2.37. The first-order valence-electron chi connectivity index (χ1n) is 17.4. The monoisotopic (exact) mass is 810 g/mol. The summed E-state index contributed by atoms with van der Waals surface area (Å²) >= 11 is 12.1. The molecule has 0 spiro atoms. The SMILES string of the molecule is CCn1cc(C(=O)c2cc(Cl)nn2-c2ccc(F)cc2CO)cn1.CCn1cc(C(=O)c2cc(Cl)nn2-c2ccc(F)cc2CO[Si](C)(C)C(C)(C)C)cn1. The van der Waals surface area contributed by atoms with Crippen molar-refractivity contribution >= 4 is 43.1 Å². The van der Waals surface area contributed by atoms with Crippen molar-refractivity contribution in [3.8, 4) is 11.4 Å². The molecule has 0 bridgehead atoms. The second-order valence-corrected chi connectivity index (χ2v) is 19.7. The molecule has 55 heavy (non-hydrogen) atoms. The maximum Gasteiger partial charge on any atom is 0.214 e. The molecule has 290 valence electrons. The Balaban J connectivity index is 0.000000218. The number of rotatable bonds is 12. The molecule has 17 heteroatoms. The summed E-state index contributed by atoms with van der Waals surface area (Å²) in [5.41, 5.74) is 3.15.